The summed E-state index contributed by atoms with van der Waals surface area (Å²) >= 11 is 0. The van der Waals surface area contributed by atoms with Crippen molar-refractivity contribution in [3.63, 3.8) is 0 Å². The Kier molecular flexibility index (Phi) is 18.4. The van der Waals surface area contributed by atoms with Gasteiger partial charge < -0.3 is 35.4 Å². The molecule has 57 heavy (non-hydrogen) atoms. The molecule has 12 nitrogen and oxygen atoms in total. The van der Waals surface area contributed by atoms with Gasteiger partial charge in [-0.15, -0.1) is 5.10 Å². The first-order valence-electron chi connectivity index (χ1n) is 20.6. The fourth-order valence-electron chi connectivity index (χ4n) is 6.76. The molecular weight excluding hydrogens is 719 g/mol. The Morgan fingerprint density at radius 1 is 1.04 bits per heavy atom. The summed E-state index contributed by atoms with van der Waals surface area (Å²) in [4.78, 5) is 28.2. The van der Waals surface area contributed by atoms with Gasteiger partial charge in [0.05, 0.1) is 24.5 Å². The smallest absolute Gasteiger partial charge is 0.225 e. The van der Waals surface area contributed by atoms with Crippen LogP contribution in [0.2, 0.25) is 0 Å². The maximum atomic E-state index is 13.1. The molecule has 1 aliphatic rings. The first kappa shape index (κ1) is 47.3. The van der Waals surface area contributed by atoms with Crippen LogP contribution < -0.4 is 20.9 Å². The molecule has 1 aliphatic heterocycles. The number of nitrogens with one attached hydrogen (secondary N) is 3. The minimum absolute atomic E-state index is 0.0415. The zero-order chi connectivity index (χ0) is 42.3. The predicted molar refractivity (Wildman–Crippen MR) is 231 cm³/mol. The minimum atomic E-state index is -1.06. The number of hydrogen-bond acceptors (Lipinski definition) is 9. The van der Waals surface area contributed by atoms with Crippen LogP contribution in [-0.2, 0) is 19.1 Å². The normalized spacial score (nSPS) is 15.9. The van der Waals surface area contributed by atoms with Gasteiger partial charge in [-0.2, -0.15) is 0 Å². The van der Waals surface area contributed by atoms with Crippen LogP contribution in [0.25, 0.3) is 16.8 Å². The Bertz CT molecular complexity index is 1710. The SMILES string of the molecule is C=C/C1=C(\C=C/C)c2c(nnn2C(O)COCCNC(C)C)-c2ccccc2N(C(=C)CCC(=O)NCCC(C)(C)OCCC(C)(C)C(=O)NC(C)CC(C)C)C1. The second-order valence-electron chi connectivity index (χ2n) is 17.1. The van der Waals surface area contributed by atoms with Gasteiger partial charge in [-0.3, -0.25) is 9.59 Å². The number of allylic oxidation sites excluding steroid dienone is 4. The minimum Gasteiger partial charge on any atom is -0.375 e. The van der Waals surface area contributed by atoms with Crippen LogP contribution in [0.15, 0.2) is 66.9 Å². The van der Waals surface area contributed by atoms with E-state index in [2.05, 4.69) is 72.0 Å². The molecule has 0 saturated heterocycles. The predicted octanol–water partition coefficient (Wildman–Crippen LogP) is 7.35. The van der Waals surface area contributed by atoms with E-state index in [0.717, 1.165) is 34.5 Å². The van der Waals surface area contributed by atoms with Gasteiger partial charge in [-0.05, 0) is 70.9 Å². The third-order valence-corrected chi connectivity index (χ3v) is 10.1. The molecule has 316 valence electrons. The lowest BCUT2D eigenvalue weighted by molar-refractivity contribution is -0.132. The number of para-hydroxylation sites is 1. The van der Waals surface area contributed by atoms with Crippen LogP contribution in [0.3, 0.4) is 0 Å². The highest BCUT2D eigenvalue weighted by molar-refractivity contribution is 5.91. The summed E-state index contributed by atoms with van der Waals surface area (Å²) in [6.45, 7) is 31.5. The fourth-order valence-corrected chi connectivity index (χ4v) is 6.76. The summed E-state index contributed by atoms with van der Waals surface area (Å²) < 4.78 is 13.5. The maximum Gasteiger partial charge on any atom is 0.225 e. The van der Waals surface area contributed by atoms with Crippen molar-refractivity contribution in [3.05, 3.63) is 72.6 Å². The average molecular weight is 790 g/mol. The number of aromatic nitrogens is 3. The van der Waals surface area contributed by atoms with Crippen LogP contribution in [0.5, 0.6) is 0 Å². The van der Waals surface area contributed by atoms with E-state index in [1.165, 1.54) is 4.68 Å². The monoisotopic (exact) mass is 790 g/mol. The summed E-state index contributed by atoms with van der Waals surface area (Å²) in [5.41, 5.74) is 4.43. The molecule has 2 aromatic rings. The first-order chi connectivity index (χ1) is 26.9. The highest BCUT2D eigenvalue weighted by Crippen LogP contribution is 2.41. The standard InChI is InChI=1S/C45H71N7O5/c1-13-17-36-35(14-2)29-51(38-19-16-15-18-37(38)41-42(36)52(50-49-41)40(54)30-56-27-25-46-32(5)6)34(8)20-21-39(53)47-24-22-45(11,12)57-26-23-44(9,10)43(55)48-33(7)28-31(3)4/h13-19,31-33,40,46,54H,2,8,20-30H2,1,3-7,9-12H3,(H,47,53)(H,48,55)/b17-13-,36-35-. The number of hydrogen-bond donors (Lipinski definition) is 4. The van der Waals surface area contributed by atoms with Gasteiger partial charge in [-0.1, -0.05) is 96.3 Å². The van der Waals surface area contributed by atoms with Gasteiger partial charge in [0.2, 0.25) is 11.8 Å². The molecule has 0 fully saturated rings. The molecule has 4 N–H and O–H groups in total. The zero-order valence-corrected chi connectivity index (χ0v) is 36.4. The second-order valence-corrected chi connectivity index (χ2v) is 17.1. The molecule has 0 radical (unpaired) electrons. The Labute approximate surface area is 342 Å². The molecule has 3 rings (SSSR count). The molecule has 0 bridgehead atoms. The van der Waals surface area contributed by atoms with E-state index in [9.17, 15) is 14.7 Å². The molecule has 0 saturated carbocycles. The van der Waals surface area contributed by atoms with Gasteiger partial charge in [-0.25, -0.2) is 4.68 Å². The number of aliphatic hydroxyl groups excluding tert-OH is 1. The molecule has 1 aromatic carbocycles. The molecular formula is C45H71N7O5. The summed E-state index contributed by atoms with van der Waals surface area (Å²) in [7, 11) is 0. The Morgan fingerprint density at radius 2 is 1.75 bits per heavy atom. The number of carbonyl (C=O) groups excluding carboxylic acids is 2. The molecule has 0 aliphatic carbocycles. The highest BCUT2D eigenvalue weighted by Gasteiger charge is 2.31. The number of anilines is 1. The van der Waals surface area contributed by atoms with Crippen LogP contribution in [-0.4, -0.2) is 89.1 Å². The maximum absolute atomic E-state index is 13.1. The van der Waals surface area contributed by atoms with Crippen molar-refractivity contribution in [2.45, 2.75) is 125 Å². The van der Waals surface area contributed by atoms with Gasteiger partial charge in [0.1, 0.15) is 11.4 Å². The van der Waals surface area contributed by atoms with E-state index in [1.807, 2.05) is 84.0 Å². The lowest BCUT2D eigenvalue weighted by Gasteiger charge is -2.32. The number of rotatable bonds is 24. The van der Waals surface area contributed by atoms with Crippen molar-refractivity contribution >= 4 is 23.1 Å². The highest BCUT2D eigenvalue weighted by atomic mass is 16.5. The van der Waals surface area contributed by atoms with Crippen molar-refractivity contribution in [2.75, 3.05) is 44.4 Å². The van der Waals surface area contributed by atoms with Crippen molar-refractivity contribution in [3.8, 4) is 11.3 Å². The third-order valence-electron chi connectivity index (χ3n) is 10.1. The van der Waals surface area contributed by atoms with E-state index in [0.29, 0.717) is 75.5 Å². The van der Waals surface area contributed by atoms with Crippen LogP contribution >= 0.6 is 0 Å². The Hall–Kier alpha value is -4.10. The van der Waals surface area contributed by atoms with E-state index < -0.39 is 17.2 Å². The molecule has 1 aromatic heterocycles. The summed E-state index contributed by atoms with van der Waals surface area (Å²) in [6.07, 6.45) is 7.52. The quantitative estimate of drug-likeness (QED) is 0.0804. The van der Waals surface area contributed by atoms with Crippen molar-refractivity contribution in [1.29, 1.82) is 0 Å². The molecule has 2 amide bonds. The number of amides is 2. The van der Waals surface area contributed by atoms with E-state index in [-0.39, 0.29) is 30.9 Å². The van der Waals surface area contributed by atoms with Crippen molar-refractivity contribution < 1.29 is 24.2 Å². The van der Waals surface area contributed by atoms with Crippen LogP contribution in [0.4, 0.5) is 5.69 Å². The average Bonchev–Trinajstić information content (AvgIpc) is 3.56. The first-order valence-corrected chi connectivity index (χ1v) is 20.6. The topological polar surface area (TPSA) is 143 Å². The molecule has 0 spiro atoms. The number of benzene rings is 1. The van der Waals surface area contributed by atoms with Gasteiger partial charge in [0.25, 0.3) is 0 Å². The fraction of sp³-hybridized carbons (Fsp3) is 0.600. The number of fused-ring (bicyclic) bond motifs is 3. The van der Waals surface area contributed by atoms with E-state index >= 15 is 0 Å². The molecule has 2 unspecified atom stereocenters. The number of carbonyl (C=O) groups is 2. The Balaban J connectivity index is 1.65. The zero-order valence-electron chi connectivity index (χ0n) is 36.4. The second kappa shape index (κ2) is 22.2. The number of nitrogens with zero attached hydrogens (tertiary/aromatic N) is 4. The number of ether oxygens (including phenoxy) is 2. The van der Waals surface area contributed by atoms with Crippen molar-refractivity contribution in [2.24, 2.45) is 11.3 Å². The van der Waals surface area contributed by atoms with Crippen LogP contribution in [0.1, 0.15) is 113 Å². The third kappa shape index (κ3) is 14.3. The summed E-state index contributed by atoms with van der Waals surface area (Å²) in [6, 6.07) is 8.38. The van der Waals surface area contributed by atoms with E-state index in [1.54, 1.807) is 0 Å². The summed E-state index contributed by atoms with van der Waals surface area (Å²) in [5.74, 6) is 0.486. The summed E-state index contributed by atoms with van der Waals surface area (Å²) in [5, 5.41) is 29.8. The van der Waals surface area contributed by atoms with Crippen molar-refractivity contribution in [1.82, 2.24) is 30.9 Å². The lowest BCUT2D eigenvalue weighted by atomic mass is 9.88. The Morgan fingerprint density at radius 3 is 2.42 bits per heavy atom. The van der Waals surface area contributed by atoms with Crippen LogP contribution in [0, 0.1) is 11.3 Å². The van der Waals surface area contributed by atoms with E-state index in [4.69, 9.17) is 9.47 Å². The van der Waals surface area contributed by atoms with Gasteiger partial charge in [0, 0.05) is 67.0 Å². The number of aliphatic hydroxyl groups is 1. The van der Waals surface area contributed by atoms with Gasteiger partial charge >= 0.3 is 0 Å². The molecule has 2 heterocycles. The molecule has 12 heteroatoms. The molecule has 2 atom stereocenters. The largest absolute Gasteiger partial charge is 0.375 e. The lowest BCUT2D eigenvalue weighted by Crippen LogP contribution is -2.43. The van der Waals surface area contributed by atoms with Gasteiger partial charge in [0.15, 0.2) is 6.23 Å².